The minimum Gasteiger partial charge on any atom is -0.314 e. The standard InChI is InChI=1S/C15H17F2N3/c1-10-6-14(17)12-7-11(13(16)8-15(12)19-10)9-20-4-2-18-3-5-20/h6-8,18H,2-5,9H2,1H3. The first-order chi connectivity index (χ1) is 9.63. The van der Waals surface area contributed by atoms with Crippen molar-refractivity contribution in [1.82, 2.24) is 15.2 Å². The number of hydrogen-bond acceptors (Lipinski definition) is 3. The van der Waals surface area contributed by atoms with Crippen LogP contribution in [0.2, 0.25) is 0 Å². The van der Waals surface area contributed by atoms with Crippen molar-refractivity contribution in [3.05, 3.63) is 41.1 Å². The van der Waals surface area contributed by atoms with E-state index in [4.69, 9.17) is 0 Å². The van der Waals surface area contributed by atoms with Gasteiger partial charge in [0, 0.05) is 55.4 Å². The first-order valence-corrected chi connectivity index (χ1v) is 6.82. The van der Waals surface area contributed by atoms with Crippen LogP contribution < -0.4 is 5.32 Å². The maximum atomic E-state index is 14.1. The zero-order chi connectivity index (χ0) is 14.1. The van der Waals surface area contributed by atoms with Crippen LogP contribution in [0.5, 0.6) is 0 Å². The molecule has 0 spiro atoms. The number of piperazine rings is 1. The van der Waals surface area contributed by atoms with Crippen LogP contribution in [0.4, 0.5) is 8.78 Å². The maximum absolute atomic E-state index is 14.1. The normalized spacial score (nSPS) is 16.8. The molecule has 2 heterocycles. The van der Waals surface area contributed by atoms with Gasteiger partial charge in [0.1, 0.15) is 11.6 Å². The van der Waals surface area contributed by atoms with Gasteiger partial charge in [-0.25, -0.2) is 8.78 Å². The van der Waals surface area contributed by atoms with Gasteiger partial charge in [-0.1, -0.05) is 0 Å². The smallest absolute Gasteiger partial charge is 0.134 e. The van der Waals surface area contributed by atoms with Gasteiger partial charge in [-0.15, -0.1) is 0 Å². The number of benzene rings is 1. The lowest BCUT2D eigenvalue weighted by Crippen LogP contribution is -2.43. The number of hydrogen-bond donors (Lipinski definition) is 1. The topological polar surface area (TPSA) is 28.2 Å². The van der Waals surface area contributed by atoms with Crippen molar-refractivity contribution in [1.29, 1.82) is 0 Å². The zero-order valence-electron chi connectivity index (χ0n) is 11.4. The molecule has 3 rings (SSSR count). The highest BCUT2D eigenvalue weighted by Crippen LogP contribution is 2.22. The molecule has 20 heavy (non-hydrogen) atoms. The van der Waals surface area contributed by atoms with Crippen LogP contribution in [-0.4, -0.2) is 36.1 Å². The van der Waals surface area contributed by atoms with Crippen LogP contribution in [0.15, 0.2) is 18.2 Å². The van der Waals surface area contributed by atoms with Crippen LogP contribution in [-0.2, 0) is 6.54 Å². The highest BCUT2D eigenvalue weighted by atomic mass is 19.1. The highest BCUT2D eigenvalue weighted by Gasteiger charge is 2.15. The SMILES string of the molecule is Cc1cc(F)c2cc(CN3CCNCC3)c(F)cc2n1. The number of aryl methyl sites for hydroxylation is 1. The Bertz CT molecular complexity index is 637. The van der Waals surface area contributed by atoms with E-state index in [2.05, 4.69) is 15.2 Å². The number of fused-ring (bicyclic) bond motifs is 1. The summed E-state index contributed by atoms with van der Waals surface area (Å²) in [4.78, 5) is 6.35. The fourth-order valence-electron chi connectivity index (χ4n) is 2.61. The van der Waals surface area contributed by atoms with Gasteiger partial charge in [0.25, 0.3) is 0 Å². The van der Waals surface area contributed by atoms with Crippen LogP contribution in [0.3, 0.4) is 0 Å². The first kappa shape index (κ1) is 13.4. The molecule has 0 bridgehead atoms. The third kappa shape index (κ3) is 2.64. The van der Waals surface area contributed by atoms with Crippen LogP contribution in [0, 0.1) is 18.6 Å². The summed E-state index contributed by atoms with van der Waals surface area (Å²) in [5.74, 6) is -0.650. The molecule has 0 unspecified atom stereocenters. The number of halogens is 2. The third-order valence-electron chi connectivity index (χ3n) is 3.66. The van der Waals surface area contributed by atoms with Crippen LogP contribution in [0.25, 0.3) is 10.9 Å². The lowest BCUT2D eigenvalue weighted by molar-refractivity contribution is 0.230. The van der Waals surface area contributed by atoms with Crippen molar-refractivity contribution in [2.75, 3.05) is 26.2 Å². The van der Waals surface area contributed by atoms with Gasteiger partial charge < -0.3 is 5.32 Å². The van der Waals surface area contributed by atoms with E-state index < -0.39 is 0 Å². The second-order valence-corrected chi connectivity index (χ2v) is 5.23. The molecule has 0 aliphatic carbocycles. The Balaban J connectivity index is 1.96. The molecule has 0 radical (unpaired) electrons. The van der Waals surface area contributed by atoms with E-state index in [1.165, 1.54) is 12.1 Å². The van der Waals surface area contributed by atoms with Crippen molar-refractivity contribution in [3.63, 3.8) is 0 Å². The Hall–Kier alpha value is -1.59. The summed E-state index contributed by atoms with van der Waals surface area (Å²) in [6, 6.07) is 4.31. The largest absolute Gasteiger partial charge is 0.314 e. The van der Waals surface area contributed by atoms with E-state index in [-0.39, 0.29) is 11.6 Å². The Morgan fingerprint density at radius 3 is 2.65 bits per heavy atom. The van der Waals surface area contributed by atoms with Gasteiger partial charge in [-0.05, 0) is 19.1 Å². The minimum absolute atomic E-state index is 0.312. The van der Waals surface area contributed by atoms with Gasteiger partial charge in [-0.2, -0.15) is 0 Å². The molecule has 1 aromatic heterocycles. The summed E-state index contributed by atoms with van der Waals surface area (Å²) in [6.45, 7) is 5.79. The molecule has 0 amide bonds. The Morgan fingerprint density at radius 1 is 1.15 bits per heavy atom. The molecule has 3 nitrogen and oxygen atoms in total. The van der Waals surface area contributed by atoms with E-state index in [0.29, 0.717) is 28.7 Å². The van der Waals surface area contributed by atoms with Crippen LogP contribution >= 0.6 is 0 Å². The summed E-state index contributed by atoms with van der Waals surface area (Å²) in [7, 11) is 0. The molecular weight excluding hydrogens is 260 g/mol. The molecule has 1 N–H and O–H groups in total. The van der Waals surface area contributed by atoms with E-state index in [0.717, 1.165) is 26.2 Å². The molecule has 1 fully saturated rings. The lowest BCUT2D eigenvalue weighted by Gasteiger charge is -2.27. The molecule has 1 aliphatic rings. The summed E-state index contributed by atoms with van der Waals surface area (Å²) < 4.78 is 28.1. The zero-order valence-corrected chi connectivity index (χ0v) is 11.4. The number of pyridine rings is 1. The molecule has 0 atom stereocenters. The number of nitrogens with one attached hydrogen (secondary N) is 1. The Morgan fingerprint density at radius 2 is 1.90 bits per heavy atom. The van der Waals surface area contributed by atoms with Gasteiger partial charge in [-0.3, -0.25) is 9.88 Å². The van der Waals surface area contributed by atoms with E-state index in [9.17, 15) is 8.78 Å². The average molecular weight is 277 g/mol. The molecule has 2 aromatic rings. The summed E-state index contributed by atoms with van der Waals surface area (Å²) in [5, 5.41) is 3.65. The Labute approximate surface area is 116 Å². The molecular formula is C15H17F2N3. The van der Waals surface area contributed by atoms with E-state index in [1.54, 1.807) is 13.0 Å². The predicted octanol–water partition coefficient (Wildman–Crippen LogP) is 2.23. The van der Waals surface area contributed by atoms with Gasteiger partial charge in [0.2, 0.25) is 0 Å². The molecule has 106 valence electrons. The van der Waals surface area contributed by atoms with Crippen molar-refractivity contribution in [3.8, 4) is 0 Å². The average Bonchev–Trinajstić information content (AvgIpc) is 2.41. The fourth-order valence-corrected chi connectivity index (χ4v) is 2.61. The minimum atomic E-state index is -0.339. The van der Waals surface area contributed by atoms with Crippen molar-refractivity contribution in [2.24, 2.45) is 0 Å². The van der Waals surface area contributed by atoms with Crippen LogP contribution in [0.1, 0.15) is 11.3 Å². The number of aromatic nitrogens is 1. The Kier molecular flexibility index (Phi) is 3.63. The first-order valence-electron chi connectivity index (χ1n) is 6.82. The molecule has 5 heteroatoms. The molecule has 0 saturated carbocycles. The highest BCUT2D eigenvalue weighted by molar-refractivity contribution is 5.80. The van der Waals surface area contributed by atoms with Crippen molar-refractivity contribution in [2.45, 2.75) is 13.5 Å². The number of rotatable bonds is 2. The summed E-state index contributed by atoms with van der Waals surface area (Å²) >= 11 is 0. The van der Waals surface area contributed by atoms with E-state index >= 15 is 0 Å². The monoisotopic (exact) mass is 277 g/mol. The fraction of sp³-hybridized carbons (Fsp3) is 0.400. The quantitative estimate of drug-likeness (QED) is 0.912. The third-order valence-corrected chi connectivity index (χ3v) is 3.66. The van der Waals surface area contributed by atoms with Gasteiger partial charge >= 0.3 is 0 Å². The predicted molar refractivity (Wildman–Crippen MR) is 74.5 cm³/mol. The molecule has 1 aromatic carbocycles. The van der Waals surface area contributed by atoms with Crippen molar-refractivity contribution >= 4 is 10.9 Å². The molecule has 1 saturated heterocycles. The van der Waals surface area contributed by atoms with Gasteiger partial charge in [0.05, 0.1) is 5.52 Å². The maximum Gasteiger partial charge on any atom is 0.134 e. The lowest BCUT2D eigenvalue weighted by atomic mass is 10.1. The second-order valence-electron chi connectivity index (χ2n) is 5.23. The summed E-state index contributed by atoms with van der Waals surface area (Å²) in [5.41, 5.74) is 1.47. The van der Waals surface area contributed by atoms with Gasteiger partial charge in [0.15, 0.2) is 0 Å². The molecule has 1 aliphatic heterocycles. The van der Waals surface area contributed by atoms with Crippen molar-refractivity contribution < 1.29 is 8.78 Å². The van der Waals surface area contributed by atoms with E-state index in [1.807, 2.05) is 0 Å². The number of nitrogens with zero attached hydrogens (tertiary/aromatic N) is 2. The summed E-state index contributed by atoms with van der Waals surface area (Å²) in [6.07, 6.45) is 0. The second kappa shape index (κ2) is 5.42.